The molecule has 0 fully saturated rings. The van der Waals surface area contributed by atoms with Crippen molar-refractivity contribution in [1.29, 1.82) is 0 Å². The van der Waals surface area contributed by atoms with E-state index in [0.717, 1.165) is 11.3 Å². The molecule has 0 radical (unpaired) electrons. The van der Waals surface area contributed by atoms with Crippen LogP contribution >= 0.6 is 0 Å². The number of nitrogens with one attached hydrogen (secondary N) is 1. The zero-order chi connectivity index (χ0) is 18.7. The summed E-state index contributed by atoms with van der Waals surface area (Å²) in [6.45, 7) is 4.82. The van der Waals surface area contributed by atoms with Crippen molar-refractivity contribution in [1.82, 2.24) is 4.72 Å². The van der Waals surface area contributed by atoms with Gasteiger partial charge in [0, 0.05) is 12.1 Å². The molecule has 0 aliphatic carbocycles. The Morgan fingerprint density at radius 3 is 2.27 bits per heavy atom. The average molecular weight is 377 g/mol. The second-order valence-electron chi connectivity index (χ2n) is 6.42. The Labute approximate surface area is 154 Å². The number of methoxy groups -OCH3 is 1. The van der Waals surface area contributed by atoms with Gasteiger partial charge in [-0.15, -0.1) is 0 Å². The summed E-state index contributed by atoms with van der Waals surface area (Å²) in [4.78, 5) is 0.154. The third-order valence-corrected chi connectivity index (χ3v) is 5.69. The summed E-state index contributed by atoms with van der Waals surface area (Å²) in [5, 5.41) is 0. The van der Waals surface area contributed by atoms with Crippen molar-refractivity contribution in [2.24, 2.45) is 5.92 Å². The van der Waals surface area contributed by atoms with E-state index in [0.29, 0.717) is 24.7 Å². The van der Waals surface area contributed by atoms with Gasteiger partial charge in [0.1, 0.15) is 19.0 Å². The van der Waals surface area contributed by atoms with Crippen molar-refractivity contribution in [3.8, 4) is 17.2 Å². The minimum absolute atomic E-state index is 0.0652. The largest absolute Gasteiger partial charge is 0.497 e. The Morgan fingerprint density at radius 1 is 1.00 bits per heavy atom. The zero-order valence-corrected chi connectivity index (χ0v) is 15.9. The first-order valence-corrected chi connectivity index (χ1v) is 9.95. The first kappa shape index (κ1) is 18.5. The first-order chi connectivity index (χ1) is 12.4. The topological polar surface area (TPSA) is 73.9 Å². The van der Waals surface area contributed by atoms with Crippen LogP contribution in [0.3, 0.4) is 0 Å². The summed E-state index contributed by atoms with van der Waals surface area (Å²) in [7, 11) is -2.12. The van der Waals surface area contributed by atoms with E-state index in [1.165, 1.54) is 12.1 Å². The Hall–Kier alpha value is -2.25. The highest BCUT2D eigenvalue weighted by molar-refractivity contribution is 7.89. The van der Waals surface area contributed by atoms with Gasteiger partial charge in [-0.2, -0.15) is 0 Å². The molecular formula is C19H23NO5S. The van der Waals surface area contributed by atoms with Gasteiger partial charge in [0.2, 0.25) is 10.0 Å². The molecule has 1 heterocycles. The van der Waals surface area contributed by atoms with Crippen molar-refractivity contribution < 1.29 is 22.6 Å². The van der Waals surface area contributed by atoms with E-state index in [1.807, 2.05) is 38.1 Å². The number of ether oxygens (including phenoxy) is 3. The average Bonchev–Trinajstić information content (AvgIpc) is 2.65. The van der Waals surface area contributed by atoms with Crippen molar-refractivity contribution >= 4 is 10.0 Å². The molecule has 1 atom stereocenters. The quantitative estimate of drug-likeness (QED) is 0.837. The van der Waals surface area contributed by atoms with Crippen molar-refractivity contribution in [2.75, 3.05) is 20.3 Å². The van der Waals surface area contributed by atoms with E-state index < -0.39 is 10.0 Å². The van der Waals surface area contributed by atoms with E-state index >= 15 is 0 Å². The number of hydrogen-bond acceptors (Lipinski definition) is 5. The van der Waals surface area contributed by atoms with Crippen LogP contribution in [0.15, 0.2) is 47.4 Å². The molecule has 0 saturated carbocycles. The summed E-state index contributed by atoms with van der Waals surface area (Å²) >= 11 is 0. The molecule has 1 N–H and O–H groups in total. The normalized spacial score (nSPS) is 14.9. The molecule has 140 valence electrons. The maximum Gasteiger partial charge on any atom is 0.241 e. The Bertz CT molecular complexity index is 862. The maximum atomic E-state index is 12.9. The van der Waals surface area contributed by atoms with E-state index in [1.54, 1.807) is 13.2 Å². The highest BCUT2D eigenvalue weighted by Gasteiger charge is 2.25. The molecule has 6 nitrogen and oxygen atoms in total. The lowest BCUT2D eigenvalue weighted by Crippen LogP contribution is -2.32. The third kappa shape index (κ3) is 3.94. The first-order valence-electron chi connectivity index (χ1n) is 8.46. The molecule has 2 aromatic rings. The highest BCUT2D eigenvalue weighted by Crippen LogP contribution is 2.33. The van der Waals surface area contributed by atoms with E-state index in [4.69, 9.17) is 14.2 Å². The molecule has 26 heavy (non-hydrogen) atoms. The summed E-state index contributed by atoms with van der Waals surface area (Å²) < 4.78 is 44.7. The maximum absolute atomic E-state index is 12.9. The molecular weight excluding hydrogens is 354 g/mol. The molecule has 1 aliphatic rings. The summed E-state index contributed by atoms with van der Waals surface area (Å²) in [6.07, 6.45) is 0. The van der Waals surface area contributed by atoms with Crippen LogP contribution in [0.4, 0.5) is 0 Å². The molecule has 0 spiro atoms. The molecule has 3 rings (SSSR count). The predicted octanol–water partition coefficient (Wildman–Crippen LogP) is 3.14. The fourth-order valence-electron chi connectivity index (χ4n) is 2.83. The van der Waals surface area contributed by atoms with Crippen LogP contribution in [0.5, 0.6) is 17.2 Å². The molecule has 0 saturated heterocycles. The lowest BCUT2D eigenvalue weighted by atomic mass is 9.97. The number of fused-ring (bicyclic) bond motifs is 1. The van der Waals surface area contributed by atoms with Gasteiger partial charge in [-0.1, -0.05) is 26.0 Å². The second kappa shape index (κ2) is 7.55. The smallest absolute Gasteiger partial charge is 0.241 e. The van der Waals surface area contributed by atoms with Crippen LogP contribution in [0.1, 0.15) is 25.5 Å². The fourth-order valence-corrected chi connectivity index (χ4v) is 4.21. The van der Waals surface area contributed by atoms with Gasteiger partial charge in [-0.05, 0) is 35.7 Å². The molecule has 1 aliphatic heterocycles. The Kier molecular flexibility index (Phi) is 5.38. The number of sulfonamides is 1. The van der Waals surface area contributed by atoms with E-state index in [9.17, 15) is 8.42 Å². The minimum Gasteiger partial charge on any atom is -0.497 e. The predicted molar refractivity (Wildman–Crippen MR) is 98.3 cm³/mol. The van der Waals surface area contributed by atoms with Gasteiger partial charge in [0.25, 0.3) is 0 Å². The van der Waals surface area contributed by atoms with Gasteiger partial charge in [0.15, 0.2) is 11.5 Å². The SMILES string of the molecule is COc1ccc([C@H](NS(=O)(=O)c2ccc3c(c2)OCCO3)C(C)C)cc1. The number of rotatable bonds is 6. The van der Waals surface area contributed by atoms with Gasteiger partial charge < -0.3 is 14.2 Å². The molecule has 0 amide bonds. The van der Waals surface area contributed by atoms with Crippen LogP contribution in [0, 0.1) is 5.92 Å². The molecule has 7 heteroatoms. The second-order valence-corrected chi connectivity index (χ2v) is 8.14. The third-order valence-electron chi connectivity index (χ3n) is 4.25. The molecule has 0 aromatic heterocycles. The summed E-state index contributed by atoms with van der Waals surface area (Å²) in [5.74, 6) is 1.80. The van der Waals surface area contributed by atoms with Crippen molar-refractivity contribution in [3.63, 3.8) is 0 Å². The van der Waals surface area contributed by atoms with Crippen LogP contribution in [-0.2, 0) is 10.0 Å². The number of benzene rings is 2. The number of hydrogen-bond donors (Lipinski definition) is 1. The van der Waals surface area contributed by atoms with Gasteiger partial charge in [-0.25, -0.2) is 13.1 Å². The monoisotopic (exact) mass is 377 g/mol. The lowest BCUT2D eigenvalue weighted by molar-refractivity contribution is 0.171. The van der Waals surface area contributed by atoms with Crippen LogP contribution < -0.4 is 18.9 Å². The van der Waals surface area contributed by atoms with Crippen LogP contribution in [0.25, 0.3) is 0 Å². The van der Waals surface area contributed by atoms with Gasteiger partial charge >= 0.3 is 0 Å². The van der Waals surface area contributed by atoms with E-state index in [-0.39, 0.29) is 16.9 Å². The summed E-state index contributed by atoms with van der Waals surface area (Å²) in [5.41, 5.74) is 0.877. The fraction of sp³-hybridized carbons (Fsp3) is 0.368. The van der Waals surface area contributed by atoms with Crippen molar-refractivity contribution in [2.45, 2.75) is 24.8 Å². The van der Waals surface area contributed by atoms with Gasteiger partial charge in [-0.3, -0.25) is 0 Å². The van der Waals surface area contributed by atoms with E-state index in [2.05, 4.69) is 4.72 Å². The molecule has 2 aromatic carbocycles. The van der Waals surface area contributed by atoms with Crippen LogP contribution in [0.2, 0.25) is 0 Å². The van der Waals surface area contributed by atoms with Crippen LogP contribution in [-0.4, -0.2) is 28.7 Å². The van der Waals surface area contributed by atoms with Crippen molar-refractivity contribution in [3.05, 3.63) is 48.0 Å². The summed E-state index contributed by atoms with van der Waals surface area (Å²) in [6, 6.07) is 11.7. The Balaban J connectivity index is 1.87. The molecule has 0 bridgehead atoms. The highest BCUT2D eigenvalue weighted by atomic mass is 32.2. The van der Waals surface area contributed by atoms with Gasteiger partial charge in [0.05, 0.1) is 12.0 Å². The molecule has 0 unspecified atom stereocenters. The standard InChI is InChI=1S/C19H23NO5S/c1-13(2)19(14-4-6-15(23-3)7-5-14)20-26(21,22)16-8-9-17-18(12-16)25-11-10-24-17/h4-9,12-13,19-20H,10-11H2,1-3H3/t19-/m1/s1. The Morgan fingerprint density at radius 2 is 1.65 bits per heavy atom. The minimum atomic E-state index is -3.72. The zero-order valence-electron chi connectivity index (χ0n) is 15.1. The lowest BCUT2D eigenvalue weighted by Gasteiger charge is -2.24.